The number of halogens is 3. The zero-order chi connectivity index (χ0) is 22.3. The molecule has 0 unspecified atom stereocenters. The minimum absolute atomic E-state index is 0.0535. The number of aromatic nitrogens is 2. The van der Waals surface area contributed by atoms with E-state index in [4.69, 9.17) is 0 Å². The fourth-order valence-corrected chi connectivity index (χ4v) is 4.01. The second kappa shape index (κ2) is 7.51. The Hall–Kier alpha value is -3.73. The topological polar surface area (TPSA) is 89.5 Å². The van der Waals surface area contributed by atoms with Gasteiger partial charge in [0.15, 0.2) is 4.96 Å². The number of imidazole rings is 1. The number of hydrogen-bond donors (Lipinski definition) is 1. The van der Waals surface area contributed by atoms with Crippen molar-refractivity contribution in [2.45, 2.75) is 13.1 Å². The predicted octanol–water partition coefficient (Wildman–Crippen LogP) is 5.55. The number of benzene rings is 2. The highest BCUT2D eigenvalue weighted by atomic mass is 32.1. The molecule has 0 saturated heterocycles. The van der Waals surface area contributed by atoms with Gasteiger partial charge in [-0.25, -0.2) is 4.98 Å². The maximum atomic E-state index is 12.7. The molecule has 4 aromatic rings. The molecule has 0 aliphatic rings. The third kappa shape index (κ3) is 3.99. The fraction of sp³-hybridized carbons (Fsp3) is 0.100. The van der Waals surface area contributed by atoms with Crippen molar-refractivity contribution in [1.82, 2.24) is 9.38 Å². The number of carbonyl (C=O) groups excluding carboxylic acids is 1. The summed E-state index contributed by atoms with van der Waals surface area (Å²) in [6.07, 6.45) is -2.77. The van der Waals surface area contributed by atoms with Crippen LogP contribution in [-0.4, -0.2) is 20.2 Å². The number of nitro benzene ring substituents is 1. The zero-order valence-electron chi connectivity index (χ0n) is 15.8. The first kappa shape index (κ1) is 20.5. The molecule has 0 aliphatic heterocycles. The average molecular weight is 446 g/mol. The lowest BCUT2D eigenvalue weighted by Crippen LogP contribution is -2.12. The van der Waals surface area contributed by atoms with Crippen LogP contribution in [0.1, 0.15) is 20.9 Å². The molecule has 0 aliphatic carbocycles. The summed E-state index contributed by atoms with van der Waals surface area (Å²) in [7, 11) is 0. The smallest absolute Gasteiger partial charge is 0.321 e. The van der Waals surface area contributed by atoms with Gasteiger partial charge in [-0.05, 0) is 31.2 Å². The normalized spacial score (nSPS) is 11.6. The summed E-state index contributed by atoms with van der Waals surface area (Å²) >= 11 is 1.11. The molecule has 0 atom stereocenters. The Bertz CT molecular complexity index is 1310. The van der Waals surface area contributed by atoms with Crippen LogP contribution in [0.25, 0.3) is 16.2 Å². The number of amides is 1. The molecule has 0 saturated carbocycles. The van der Waals surface area contributed by atoms with Gasteiger partial charge in [-0.2, -0.15) is 13.2 Å². The van der Waals surface area contributed by atoms with Gasteiger partial charge >= 0.3 is 6.18 Å². The van der Waals surface area contributed by atoms with Crippen molar-refractivity contribution in [2.75, 3.05) is 5.32 Å². The van der Waals surface area contributed by atoms with Gasteiger partial charge < -0.3 is 5.32 Å². The minimum atomic E-state index is -4.45. The number of thiazole rings is 1. The van der Waals surface area contributed by atoms with Crippen LogP contribution in [0.2, 0.25) is 0 Å². The molecule has 11 heteroatoms. The van der Waals surface area contributed by atoms with Crippen molar-refractivity contribution in [2.24, 2.45) is 0 Å². The van der Waals surface area contributed by atoms with Crippen molar-refractivity contribution >= 4 is 33.6 Å². The number of carbonyl (C=O) groups is 1. The van der Waals surface area contributed by atoms with Gasteiger partial charge in [-0.1, -0.05) is 23.5 Å². The summed E-state index contributed by atoms with van der Waals surface area (Å²) in [4.78, 5) is 28.4. The second-order valence-corrected chi connectivity index (χ2v) is 7.61. The van der Waals surface area contributed by atoms with E-state index in [2.05, 4.69) is 10.3 Å². The van der Waals surface area contributed by atoms with E-state index in [-0.39, 0.29) is 11.4 Å². The van der Waals surface area contributed by atoms with Gasteiger partial charge in [0.25, 0.3) is 11.6 Å². The average Bonchev–Trinajstić information content (AvgIpc) is 3.27. The lowest BCUT2D eigenvalue weighted by Gasteiger charge is -2.08. The first-order chi connectivity index (χ1) is 14.6. The molecule has 31 heavy (non-hydrogen) atoms. The molecule has 7 nitrogen and oxygen atoms in total. The van der Waals surface area contributed by atoms with Crippen molar-refractivity contribution in [3.63, 3.8) is 0 Å². The first-order valence-electron chi connectivity index (χ1n) is 8.85. The third-order valence-corrected chi connectivity index (χ3v) is 5.74. The molecule has 2 heterocycles. The monoisotopic (exact) mass is 446 g/mol. The van der Waals surface area contributed by atoms with Gasteiger partial charge in [0.05, 0.1) is 16.2 Å². The Morgan fingerprint density at radius 1 is 1.19 bits per heavy atom. The number of nitrogens with one attached hydrogen (secondary N) is 1. The molecule has 4 rings (SSSR count). The van der Waals surface area contributed by atoms with Crippen LogP contribution in [0.3, 0.4) is 0 Å². The van der Waals surface area contributed by atoms with Crippen molar-refractivity contribution < 1.29 is 22.9 Å². The lowest BCUT2D eigenvalue weighted by molar-refractivity contribution is -0.384. The summed E-state index contributed by atoms with van der Waals surface area (Å²) in [5, 5.41) is 13.6. The SMILES string of the molecule is Cc1c(C(=O)Nc2ccc(C(F)(F)F)cc2)sc2nc(-c3cccc([N+](=O)[O-])c3)cn12. The van der Waals surface area contributed by atoms with Gasteiger partial charge in [-0.15, -0.1) is 0 Å². The summed E-state index contributed by atoms with van der Waals surface area (Å²) in [5.74, 6) is -0.468. The van der Waals surface area contributed by atoms with E-state index in [1.54, 1.807) is 29.7 Å². The van der Waals surface area contributed by atoms with Crippen LogP contribution >= 0.6 is 11.3 Å². The van der Waals surface area contributed by atoms with Crippen LogP contribution in [0, 0.1) is 17.0 Å². The van der Waals surface area contributed by atoms with Crippen molar-refractivity contribution in [1.29, 1.82) is 0 Å². The maximum Gasteiger partial charge on any atom is 0.416 e. The number of alkyl halides is 3. The van der Waals surface area contributed by atoms with Crippen LogP contribution in [0.5, 0.6) is 0 Å². The maximum absolute atomic E-state index is 12.7. The summed E-state index contributed by atoms with van der Waals surface area (Å²) in [5.41, 5.74) is 1.06. The van der Waals surface area contributed by atoms with Crippen molar-refractivity contribution in [3.05, 3.63) is 81.0 Å². The van der Waals surface area contributed by atoms with E-state index in [0.29, 0.717) is 26.8 Å². The third-order valence-electron chi connectivity index (χ3n) is 4.59. The van der Waals surface area contributed by atoms with Gasteiger partial charge in [0.1, 0.15) is 4.88 Å². The Morgan fingerprint density at radius 3 is 2.52 bits per heavy atom. The number of non-ortho nitro benzene ring substituents is 1. The standard InChI is InChI=1S/C20H13F3N4O3S/c1-11-17(18(28)24-14-7-5-13(6-8-14)20(21,22)23)31-19-25-16(10-26(11)19)12-3-2-4-15(9-12)27(29)30/h2-10H,1H3,(H,24,28). The molecule has 2 aromatic carbocycles. The van der Waals surface area contributed by atoms with Gasteiger partial charge in [0, 0.05) is 35.3 Å². The van der Waals surface area contributed by atoms with E-state index in [1.807, 2.05) is 0 Å². The summed E-state index contributed by atoms with van der Waals surface area (Å²) < 4.78 is 39.7. The van der Waals surface area contributed by atoms with Crippen LogP contribution < -0.4 is 5.32 Å². The number of hydrogen-bond acceptors (Lipinski definition) is 5. The fourth-order valence-electron chi connectivity index (χ4n) is 3.01. The summed E-state index contributed by atoms with van der Waals surface area (Å²) in [6.45, 7) is 1.71. The number of anilines is 1. The molecule has 1 amide bonds. The molecule has 2 aromatic heterocycles. The number of nitrogens with zero attached hydrogens (tertiary/aromatic N) is 3. The molecule has 0 fully saturated rings. The molecule has 0 radical (unpaired) electrons. The molecule has 0 bridgehead atoms. The number of fused-ring (bicyclic) bond motifs is 1. The Kier molecular flexibility index (Phi) is 4.97. The molecule has 1 N–H and O–H groups in total. The van der Waals surface area contributed by atoms with Crippen LogP contribution in [0.4, 0.5) is 24.5 Å². The number of nitro groups is 1. The number of rotatable bonds is 4. The predicted molar refractivity (Wildman–Crippen MR) is 109 cm³/mol. The highest BCUT2D eigenvalue weighted by molar-refractivity contribution is 7.19. The van der Waals surface area contributed by atoms with Gasteiger partial charge in [-0.3, -0.25) is 19.3 Å². The highest BCUT2D eigenvalue weighted by Gasteiger charge is 2.30. The summed E-state index contributed by atoms with van der Waals surface area (Å²) in [6, 6.07) is 10.2. The first-order valence-corrected chi connectivity index (χ1v) is 9.67. The lowest BCUT2D eigenvalue weighted by atomic mass is 10.1. The van der Waals surface area contributed by atoms with E-state index >= 15 is 0 Å². The highest BCUT2D eigenvalue weighted by Crippen LogP contribution is 2.31. The quantitative estimate of drug-likeness (QED) is 0.329. The Labute approximate surface area is 176 Å². The molecular weight excluding hydrogens is 433 g/mol. The van der Waals surface area contributed by atoms with E-state index in [9.17, 15) is 28.1 Å². The second-order valence-electron chi connectivity index (χ2n) is 6.63. The van der Waals surface area contributed by atoms with E-state index < -0.39 is 22.6 Å². The Morgan fingerprint density at radius 2 is 1.90 bits per heavy atom. The van der Waals surface area contributed by atoms with Crippen LogP contribution in [-0.2, 0) is 6.18 Å². The molecule has 158 valence electrons. The van der Waals surface area contributed by atoms with Crippen molar-refractivity contribution in [3.8, 4) is 11.3 Å². The number of aryl methyl sites for hydroxylation is 1. The largest absolute Gasteiger partial charge is 0.416 e. The Balaban J connectivity index is 1.59. The van der Waals surface area contributed by atoms with Crippen LogP contribution in [0.15, 0.2) is 54.7 Å². The van der Waals surface area contributed by atoms with Gasteiger partial charge in [0.2, 0.25) is 0 Å². The molecular formula is C20H13F3N4O3S. The van der Waals surface area contributed by atoms with E-state index in [0.717, 1.165) is 23.5 Å². The van der Waals surface area contributed by atoms with E-state index in [1.165, 1.54) is 24.3 Å². The zero-order valence-corrected chi connectivity index (χ0v) is 16.6. The minimum Gasteiger partial charge on any atom is -0.321 e. The molecule has 0 spiro atoms.